The molecule has 0 saturated heterocycles. The van der Waals surface area contributed by atoms with Crippen LogP contribution in [0.3, 0.4) is 0 Å². The largest absolute Gasteiger partial charge is 0.434 e. The number of aromatic nitrogens is 5. The lowest BCUT2D eigenvalue weighted by atomic mass is 9.89. The van der Waals surface area contributed by atoms with Gasteiger partial charge in [0.25, 0.3) is 5.91 Å². The molecule has 0 saturated carbocycles. The van der Waals surface area contributed by atoms with Crippen LogP contribution in [0.25, 0.3) is 16.9 Å². The average Bonchev–Trinajstić information content (AvgIpc) is 3.45. The molecular weight excluding hydrogens is 527 g/mol. The van der Waals surface area contributed by atoms with E-state index in [2.05, 4.69) is 20.1 Å². The van der Waals surface area contributed by atoms with Crippen molar-refractivity contribution in [2.45, 2.75) is 50.9 Å². The number of carbonyl (C=O) groups is 1. The number of hydrogen-bond acceptors (Lipinski definition) is 8. The highest BCUT2D eigenvalue weighted by Crippen LogP contribution is 2.53. The molecular formula is C27H24F3N7O3. The van der Waals surface area contributed by atoms with Gasteiger partial charge in [-0.05, 0) is 25.0 Å². The number of hydrogen-bond donors (Lipinski definition) is 1. The number of carbonyl (C=O) groups excluding carboxylic acids is 1. The molecule has 4 aromatic rings. The van der Waals surface area contributed by atoms with Crippen molar-refractivity contribution in [3.8, 4) is 23.1 Å². The number of aliphatic hydroxyl groups excluding tert-OH is 1. The average molecular weight is 552 g/mol. The van der Waals surface area contributed by atoms with E-state index in [1.165, 1.54) is 46.5 Å². The molecule has 3 unspecified atom stereocenters. The molecule has 6 rings (SSSR count). The Bertz CT molecular complexity index is 1610. The first kappa shape index (κ1) is 27.0. The summed E-state index contributed by atoms with van der Waals surface area (Å²) in [4.78, 5) is 27.0. The summed E-state index contributed by atoms with van der Waals surface area (Å²) in [5.41, 5.74) is 2.67. The number of aliphatic hydroxyl groups is 1. The maximum absolute atomic E-state index is 14.9. The van der Waals surface area contributed by atoms with Crippen LogP contribution in [0.2, 0.25) is 0 Å². The van der Waals surface area contributed by atoms with E-state index in [-0.39, 0.29) is 29.3 Å². The van der Waals surface area contributed by atoms with Crippen molar-refractivity contribution in [2.24, 2.45) is 0 Å². The Labute approximate surface area is 226 Å². The highest BCUT2D eigenvalue weighted by atomic mass is 19.3. The van der Waals surface area contributed by atoms with E-state index in [1.807, 2.05) is 13.0 Å². The molecule has 1 aliphatic carbocycles. The molecule has 40 heavy (non-hydrogen) atoms. The zero-order valence-electron chi connectivity index (χ0n) is 21.5. The van der Waals surface area contributed by atoms with E-state index >= 15 is 0 Å². The normalized spacial score (nSPS) is 17.9. The molecule has 2 bridgehead atoms. The summed E-state index contributed by atoms with van der Waals surface area (Å²) in [5.74, 6) is -1.49. The van der Waals surface area contributed by atoms with Gasteiger partial charge in [0.1, 0.15) is 17.8 Å². The zero-order chi connectivity index (χ0) is 28.6. The van der Waals surface area contributed by atoms with E-state index in [1.54, 1.807) is 13.1 Å². The molecule has 3 aromatic heterocycles. The zero-order valence-corrected chi connectivity index (χ0v) is 21.5. The Hall–Kier alpha value is -4.57. The number of amides is 1. The van der Waals surface area contributed by atoms with Crippen molar-refractivity contribution >= 4 is 11.6 Å². The summed E-state index contributed by atoms with van der Waals surface area (Å²) in [7, 11) is 1.64. The van der Waals surface area contributed by atoms with Gasteiger partial charge in [0.05, 0.1) is 36.5 Å². The fourth-order valence-corrected chi connectivity index (χ4v) is 5.12. The van der Waals surface area contributed by atoms with E-state index in [0.29, 0.717) is 40.9 Å². The van der Waals surface area contributed by atoms with Gasteiger partial charge in [-0.2, -0.15) is 19.1 Å². The fourth-order valence-electron chi connectivity index (χ4n) is 5.12. The van der Waals surface area contributed by atoms with Crippen LogP contribution in [-0.4, -0.2) is 60.2 Å². The maximum atomic E-state index is 14.9. The van der Waals surface area contributed by atoms with E-state index in [4.69, 9.17) is 15.1 Å². The lowest BCUT2D eigenvalue weighted by molar-refractivity contribution is -0.0505. The number of benzene rings is 1. The SMILES string of the molecule is CCC(O)CC#N.CN1C(=O)c2cccc(OC(F)F)c2C2CC1c1nn3cc(F)c(-c4cncnc4)nc3c12. The third kappa shape index (κ3) is 4.71. The van der Waals surface area contributed by atoms with E-state index < -0.39 is 30.5 Å². The first-order chi connectivity index (χ1) is 19.2. The Balaban J connectivity index is 0.000000411. The summed E-state index contributed by atoms with van der Waals surface area (Å²) in [6.45, 7) is -1.20. The first-order valence-corrected chi connectivity index (χ1v) is 12.5. The number of nitriles is 1. The van der Waals surface area contributed by atoms with Crippen molar-refractivity contribution in [3.05, 3.63) is 71.3 Å². The van der Waals surface area contributed by atoms with Gasteiger partial charge in [0, 0.05) is 47.6 Å². The first-order valence-electron chi connectivity index (χ1n) is 12.5. The summed E-state index contributed by atoms with van der Waals surface area (Å²) in [6, 6.07) is 5.98. The fraction of sp³-hybridized carbons (Fsp3) is 0.333. The smallest absolute Gasteiger partial charge is 0.387 e. The Morgan fingerprint density at radius 3 is 2.65 bits per heavy atom. The number of halogens is 3. The van der Waals surface area contributed by atoms with Crippen molar-refractivity contribution in [2.75, 3.05) is 7.05 Å². The molecule has 206 valence electrons. The van der Waals surface area contributed by atoms with Crippen LogP contribution in [0, 0.1) is 17.1 Å². The topological polar surface area (TPSA) is 130 Å². The molecule has 1 amide bonds. The standard InChI is InChI=1S/C22H15F3N6O2.C5H9NO/c1-30-14-5-12(16-11(21(30)32)3-2-4-15(16)33-22(24)25)17-19(14)29-31-8-13(23)18(28-20(17)31)10-6-26-9-27-7-10;1-2-5(7)3-4-6/h2-4,6-9,12,14,22H,5H2,1H3;5,7H,2-3H2,1H3. The van der Waals surface area contributed by atoms with Gasteiger partial charge in [-0.3, -0.25) is 4.79 Å². The molecule has 0 spiro atoms. The van der Waals surface area contributed by atoms with Gasteiger partial charge in [0.15, 0.2) is 11.5 Å². The van der Waals surface area contributed by atoms with Crippen molar-refractivity contribution in [1.29, 1.82) is 5.26 Å². The number of nitrogens with zero attached hydrogens (tertiary/aromatic N) is 7. The van der Waals surface area contributed by atoms with Gasteiger partial charge in [0.2, 0.25) is 0 Å². The summed E-state index contributed by atoms with van der Waals surface area (Å²) < 4.78 is 47.4. The molecule has 13 heteroatoms. The van der Waals surface area contributed by atoms with Crippen molar-refractivity contribution in [1.82, 2.24) is 29.5 Å². The number of alkyl halides is 2. The Morgan fingerprint density at radius 2 is 2.00 bits per heavy atom. The van der Waals surface area contributed by atoms with Crippen LogP contribution >= 0.6 is 0 Å². The summed E-state index contributed by atoms with van der Waals surface area (Å²) in [5, 5.41) is 21.1. The lowest BCUT2D eigenvalue weighted by Crippen LogP contribution is -2.30. The highest BCUT2D eigenvalue weighted by molar-refractivity contribution is 5.98. The predicted molar refractivity (Wildman–Crippen MR) is 135 cm³/mol. The minimum atomic E-state index is -3.05. The summed E-state index contributed by atoms with van der Waals surface area (Å²) in [6.07, 6.45) is 6.39. The number of rotatable bonds is 5. The predicted octanol–water partition coefficient (Wildman–Crippen LogP) is 4.26. The third-order valence-electron chi connectivity index (χ3n) is 7.03. The van der Waals surface area contributed by atoms with Crippen LogP contribution < -0.4 is 4.74 Å². The van der Waals surface area contributed by atoms with Crippen molar-refractivity contribution < 1.29 is 27.8 Å². The van der Waals surface area contributed by atoms with Gasteiger partial charge in [-0.15, -0.1) is 0 Å². The van der Waals surface area contributed by atoms with Gasteiger partial charge in [-0.1, -0.05) is 13.0 Å². The lowest BCUT2D eigenvalue weighted by Gasteiger charge is -2.23. The highest BCUT2D eigenvalue weighted by Gasteiger charge is 2.46. The van der Waals surface area contributed by atoms with Crippen LogP contribution in [0.4, 0.5) is 13.2 Å². The maximum Gasteiger partial charge on any atom is 0.387 e. The minimum absolute atomic E-state index is 0.0480. The van der Waals surface area contributed by atoms with E-state index in [0.717, 1.165) is 0 Å². The quantitative estimate of drug-likeness (QED) is 0.390. The Morgan fingerprint density at radius 1 is 1.25 bits per heavy atom. The van der Waals surface area contributed by atoms with Crippen LogP contribution in [0.15, 0.2) is 43.1 Å². The second-order valence-corrected chi connectivity index (χ2v) is 9.37. The molecule has 0 radical (unpaired) electrons. The monoisotopic (exact) mass is 551 g/mol. The van der Waals surface area contributed by atoms with Crippen molar-refractivity contribution in [3.63, 3.8) is 0 Å². The molecule has 1 N–H and O–H groups in total. The van der Waals surface area contributed by atoms with Gasteiger partial charge in [-0.25, -0.2) is 23.9 Å². The second-order valence-electron chi connectivity index (χ2n) is 9.37. The van der Waals surface area contributed by atoms with Crippen LogP contribution in [-0.2, 0) is 0 Å². The molecule has 4 heterocycles. The summed E-state index contributed by atoms with van der Waals surface area (Å²) >= 11 is 0. The molecule has 3 atom stereocenters. The van der Waals surface area contributed by atoms with Gasteiger partial charge >= 0.3 is 6.61 Å². The number of ether oxygens (including phenoxy) is 1. The molecule has 2 aliphatic rings. The van der Waals surface area contributed by atoms with E-state index in [9.17, 15) is 18.0 Å². The van der Waals surface area contributed by atoms with Crippen LogP contribution in [0.1, 0.15) is 65.3 Å². The molecule has 10 nitrogen and oxygen atoms in total. The molecule has 0 fully saturated rings. The van der Waals surface area contributed by atoms with Gasteiger partial charge < -0.3 is 14.7 Å². The minimum Gasteiger partial charge on any atom is -0.434 e. The third-order valence-corrected chi connectivity index (χ3v) is 7.03. The Kier molecular flexibility index (Phi) is 7.36. The molecule has 1 aliphatic heterocycles. The second kappa shape index (κ2) is 10.9. The van der Waals surface area contributed by atoms with Crippen LogP contribution in [0.5, 0.6) is 5.75 Å². The number of fused-ring (bicyclic) bond motifs is 9. The molecule has 1 aromatic carbocycles.